The van der Waals surface area contributed by atoms with Crippen molar-refractivity contribution < 1.29 is 37.6 Å². The Balaban J connectivity index is 4.04. The monoisotopic (exact) mass is 856 g/mol. The first-order valence-corrected chi connectivity index (χ1v) is 26.3. The van der Waals surface area contributed by atoms with Gasteiger partial charge in [0.1, 0.15) is 6.61 Å². The van der Waals surface area contributed by atoms with Gasteiger partial charge in [0, 0.05) is 19.4 Å². The van der Waals surface area contributed by atoms with E-state index in [1.165, 1.54) is 161 Å². The zero-order chi connectivity index (χ0) is 43.2. The summed E-state index contributed by atoms with van der Waals surface area (Å²) in [5, 5.41) is 0. The number of carbonyl (C=O) groups excluding carboxylic acids is 2. The zero-order valence-corrected chi connectivity index (χ0v) is 39.4. The smallest absolute Gasteiger partial charge is 0.462 e. The molecule has 59 heavy (non-hydrogen) atoms. The Morgan fingerprint density at radius 3 is 1.32 bits per heavy atom. The number of hydrogen-bond donors (Lipinski definition) is 2. The summed E-state index contributed by atoms with van der Waals surface area (Å²) in [7, 11) is -4.38. The number of rotatable bonds is 47. The van der Waals surface area contributed by atoms with E-state index < -0.39 is 26.5 Å². The van der Waals surface area contributed by atoms with E-state index in [2.05, 4.69) is 38.2 Å². The number of allylic oxidation sites excluding steroid dienone is 4. The van der Waals surface area contributed by atoms with Crippen LogP contribution in [0.2, 0.25) is 0 Å². The van der Waals surface area contributed by atoms with Gasteiger partial charge in [0.05, 0.1) is 13.2 Å². The molecule has 0 aromatic carbocycles. The van der Waals surface area contributed by atoms with Crippen molar-refractivity contribution in [2.24, 2.45) is 5.73 Å². The molecule has 9 nitrogen and oxygen atoms in total. The fourth-order valence-corrected chi connectivity index (χ4v) is 7.90. The number of hydrogen-bond acceptors (Lipinski definition) is 8. The molecule has 0 radical (unpaired) electrons. The molecule has 0 aromatic rings. The van der Waals surface area contributed by atoms with Crippen LogP contribution in [0.5, 0.6) is 0 Å². The van der Waals surface area contributed by atoms with Gasteiger partial charge >= 0.3 is 19.8 Å². The molecular formula is C49H94NO8P. The lowest BCUT2D eigenvalue weighted by Crippen LogP contribution is -2.29. The normalized spacial score (nSPS) is 13.4. The quantitative estimate of drug-likeness (QED) is 0.0265. The fraction of sp³-hybridized carbons (Fsp3) is 0.878. The maximum absolute atomic E-state index is 12.6. The molecule has 0 saturated carbocycles. The molecule has 0 fully saturated rings. The van der Waals surface area contributed by atoms with Gasteiger partial charge in [-0.2, -0.15) is 0 Å². The maximum Gasteiger partial charge on any atom is 0.472 e. The Morgan fingerprint density at radius 1 is 0.508 bits per heavy atom. The lowest BCUT2D eigenvalue weighted by Gasteiger charge is -2.19. The number of unbranched alkanes of at least 4 members (excludes halogenated alkanes) is 30. The topological polar surface area (TPSA) is 134 Å². The van der Waals surface area contributed by atoms with Gasteiger partial charge in [-0.15, -0.1) is 0 Å². The molecule has 348 valence electrons. The van der Waals surface area contributed by atoms with E-state index in [1.54, 1.807) is 0 Å². The van der Waals surface area contributed by atoms with Crippen LogP contribution in [0.25, 0.3) is 0 Å². The van der Waals surface area contributed by atoms with E-state index in [0.717, 1.165) is 51.4 Å². The minimum atomic E-state index is -4.38. The maximum atomic E-state index is 12.6. The van der Waals surface area contributed by atoms with Crippen LogP contribution in [0.4, 0.5) is 0 Å². The van der Waals surface area contributed by atoms with Crippen molar-refractivity contribution in [2.45, 2.75) is 251 Å². The first-order valence-electron chi connectivity index (χ1n) is 24.8. The third-order valence-corrected chi connectivity index (χ3v) is 11.8. The molecule has 0 aromatic heterocycles. The molecule has 0 saturated heterocycles. The van der Waals surface area contributed by atoms with Crippen LogP contribution in [0.15, 0.2) is 24.3 Å². The van der Waals surface area contributed by atoms with Crippen molar-refractivity contribution in [2.75, 3.05) is 26.4 Å². The minimum Gasteiger partial charge on any atom is -0.462 e. The second kappa shape index (κ2) is 46.0. The Labute approximate surface area is 363 Å². The molecule has 0 heterocycles. The lowest BCUT2D eigenvalue weighted by molar-refractivity contribution is -0.161. The predicted octanol–water partition coefficient (Wildman–Crippen LogP) is 14.7. The van der Waals surface area contributed by atoms with Crippen molar-refractivity contribution in [3.05, 3.63) is 24.3 Å². The standard InChI is InChI=1S/C49H94NO8P/c1-3-5-7-9-11-13-15-17-19-21-23-25-27-29-31-33-35-37-39-41-48(51)55-45-47(46-57-59(53,54)56-44-43-50)58-49(52)42-40-38-36-34-32-30-28-26-24-22-20-18-16-14-12-10-8-6-4-2/h12,14,18,20,47H,3-11,13,15-17,19,21-46,50H2,1-2H3,(H,53,54)/b14-12-,20-18-. The van der Waals surface area contributed by atoms with Crippen LogP contribution in [-0.4, -0.2) is 49.3 Å². The van der Waals surface area contributed by atoms with Crippen LogP contribution in [0, 0.1) is 0 Å². The summed E-state index contributed by atoms with van der Waals surface area (Å²) >= 11 is 0. The van der Waals surface area contributed by atoms with E-state index in [-0.39, 0.29) is 38.6 Å². The highest BCUT2D eigenvalue weighted by Crippen LogP contribution is 2.43. The van der Waals surface area contributed by atoms with Crippen molar-refractivity contribution in [1.82, 2.24) is 0 Å². The molecule has 0 aliphatic heterocycles. The number of phosphoric acid groups is 1. The predicted molar refractivity (Wildman–Crippen MR) is 247 cm³/mol. The van der Waals surface area contributed by atoms with E-state index >= 15 is 0 Å². The minimum absolute atomic E-state index is 0.0546. The molecule has 3 N–H and O–H groups in total. The van der Waals surface area contributed by atoms with Crippen molar-refractivity contribution in [1.29, 1.82) is 0 Å². The molecule has 0 amide bonds. The molecule has 2 atom stereocenters. The number of phosphoric ester groups is 1. The highest BCUT2D eigenvalue weighted by molar-refractivity contribution is 7.47. The summed E-state index contributed by atoms with van der Waals surface area (Å²) in [6, 6.07) is 0. The summed E-state index contributed by atoms with van der Waals surface area (Å²) in [5.41, 5.74) is 5.36. The third kappa shape index (κ3) is 45.8. The van der Waals surface area contributed by atoms with Gasteiger partial charge in [-0.1, -0.05) is 212 Å². The highest BCUT2D eigenvalue weighted by Gasteiger charge is 2.26. The summed E-state index contributed by atoms with van der Waals surface area (Å²) in [4.78, 5) is 35.0. The van der Waals surface area contributed by atoms with Gasteiger partial charge in [-0.05, 0) is 44.9 Å². The first-order chi connectivity index (χ1) is 28.8. The number of carbonyl (C=O) groups is 2. The molecule has 0 spiro atoms. The van der Waals surface area contributed by atoms with E-state index in [9.17, 15) is 19.0 Å². The zero-order valence-electron chi connectivity index (χ0n) is 38.5. The summed E-state index contributed by atoms with van der Waals surface area (Å²) < 4.78 is 32.9. The molecule has 0 bridgehead atoms. The van der Waals surface area contributed by atoms with Gasteiger partial charge in [0.25, 0.3) is 0 Å². The van der Waals surface area contributed by atoms with Gasteiger partial charge in [-0.25, -0.2) is 4.57 Å². The van der Waals surface area contributed by atoms with Crippen LogP contribution < -0.4 is 5.73 Å². The van der Waals surface area contributed by atoms with Gasteiger partial charge < -0.3 is 20.1 Å². The van der Waals surface area contributed by atoms with Crippen molar-refractivity contribution in [3.8, 4) is 0 Å². The number of ether oxygens (including phenoxy) is 2. The Bertz CT molecular complexity index is 1020. The van der Waals surface area contributed by atoms with E-state index in [1.807, 2.05) is 0 Å². The highest BCUT2D eigenvalue weighted by atomic mass is 31.2. The first kappa shape index (κ1) is 57.5. The third-order valence-electron chi connectivity index (χ3n) is 10.8. The van der Waals surface area contributed by atoms with Crippen molar-refractivity contribution in [3.63, 3.8) is 0 Å². The van der Waals surface area contributed by atoms with Crippen LogP contribution in [0.3, 0.4) is 0 Å². The molecule has 0 rings (SSSR count). The van der Waals surface area contributed by atoms with Gasteiger partial charge in [-0.3, -0.25) is 18.6 Å². The van der Waals surface area contributed by atoms with Crippen molar-refractivity contribution >= 4 is 19.8 Å². The molecular weight excluding hydrogens is 762 g/mol. The number of nitrogens with two attached hydrogens (primary N) is 1. The molecule has 10 heteroatoms. The van der Waals surface area contributed by atoms with Crippen LogP contribution in [0.1, 0.15) is 245 Å². The van der Waals surface area contributed by atoms with Crippen LogP contribution >= 0.6 is 7.82 Å². The van der Waals surface area contributed by atoms with Gasteiger partial charge in [0.15, 0.2) is 6.10 Å². The average molecular weight is 856 g/mol. The Kier molecular flexibility index (Phi) is 44.8. The van der Waals surface area contributed by atoms with E-state index in [4.69, 9.17) is 24.3 Å². The van der Waals surface area contributed by atoms with Crippen LogP contribution in [-0.2, 0) is 32.7 Å². The second-order valence-electron chi connectivity index (χ2n) is 16.7. The second-order valence-corrected chi connectivity index (χ2v) is 18.1. The summed E-state index contributed by atoms with van der Waals surface area (Å²) in [6.07, 6.45) is 50.6. The molecule has 0 aliphatic carbocycles. The molecule has 0 aliphatic rings. The lowest BCUT2D eigenvalue weighted by atomic mass is 10.0. The van der Waals surface area contributed by atoms with Gasteiger partial charge in [0.2, 0.25) is 0 Å². The summed E-state index contributed by atoms with van der Waals surface area (Å²) in [5.74, 6) is -0.820. The molecule has 2 unspecified atom stereocenters. The SMILES string of the molecule is CCCCC/C=C\C/C=C\CCCCCCCCCCCC(=O)OC(COC(=O)CCCCCCCCCCCCCCCCCCCCC)COP(=O)(O)OCCN. The Hall–Kier alpha value is -1.51. The largest absolute Gasteiger partial charge is 0.472 e. The average Bonchev–Trinajstić information content (AvgIpc) is 3.22. The summed E-state index contributed by atoms with van der Waals surface area (Å²) in [6.45, 7) is 3.75. The Morgan fingerprint density at radius 2 is 0.881 bits per heavy atom. The number of esters is 2. The fourth-order valence-electron chi connectivity index (χ4n) is 7.14. The van der Waals surface area contributed by atoms with E-state index in [0.29, 0.717) is 6.42 Å².